The summed E-state index contributed by atoms with van der Waals surface area (Å²) in [6, 6.07) is -1.00. The molecule has 0 aliphatic rings. The van der Waals surface area contributed by atoms with Gasteiger partial charge in [-0.1, -0.05) is 70.4 Å². The van der Waals surface area contributed by atoms with Crippen LogP contribution in [-0.2, 0) is 14.4 Å². The maximum absolute atomic E-state index is 12.3. The molecule has 0 spiro atoms. The van der Waals surface area contributed by atoms with Crippen LogP contribution in [-0.4, -0.2) is 45.5 Å². The smallest absolute Gasteiger partial charge is 0.326 e. The van der Waals surface area contributed by atoms with Crippen molar-refractivity contribution in [3.8, 4) is 0 Å². The van der Waals surface area contributed by atoms with Crippen molar-refractivity contribution in [3.63, 3.8) is 0 Å². The van der Waals surface area contributed by atoms with Gasteiger partial charge in [-0.3, -0.25) is 9.59 Å². The highest BCUT2D eigenvalue weighted by Gasteiger charge is 2.25. The fourth-order valence-corrected chi connectivity index (χ4v) is 3.37. The van der Waals surface area contributed by atoms with Gasteiger partial charge in [-0.15, -0.1) is 0 Å². The predicted octanol–water partition coefficient (Wildman–Crippen LogP) is 5.80. The third kappa shape index (κ3) is 16.0. The van der Waals surface area contributed by atoms with Crippen LogP contribution in [0.25, 0.3) is 0 Å². The molecular formula is C24H43NO5. The lowest BCUT2D eigenvalue weighted by Crippen LogP contribution is -2.44. The van der Waals surface area contributed by atoms with Gasteiger partial charge < -0.3 is 15.1 Å². The minimum absolute atomic E-state index is 0.0628. The van der Waals surface area contributed by atoms with Crippen LogP contribution in [0, 0.1) is 0 Å². The summed E-state index contributed by atoms with van der Waals surface area (Å²) in [5.41, 5.74) is 0. The van der Waals surface area contributed by atoms with E-state index in [2.05, 4.69) is 19.1 Å². The second kappa shape index (κ2) is 19.1. The van der Waals surface area contributed by atoms with Crippen LogP contribution < -0.4 is 0 Å². The minimum Gasteiger partial charge on any atom is -0.481 e. The average molecular weight is 426 g/mol. The van der Waals surface area contributed by atoms with Gasteiger partial charge in [0.2, 0.25) is 5.91 Å². The first-order chi connectivity index (χ1) is 14.4. The lowest BCUT2D eigenvalue weighted by Gasteiger charge is -2.26. The van der Waals surface area contributed by atoms with Crippen molar-refractivity contribution in [2.45, 2.75) is 116 Å². The second-order valence-corrected chi connectivity index (χ2v) is 8.08. The maximum atomic E-state index is 12.3. The summed E-state index contributed by atoms with van der Waals surface area (Å²) in [5, 5.41) is 17.9. The van der Waals surface area contributed by atoms with Crippen LogP contribution in [0.15, 0.2) is 12.2 Å². The van der Waals surface area contributed by atoms with E-state index in [1.54, 1.807) is 0 Å². The Morgan fingerprint density at radius 3 is 1.77 bits per heavy atom. The number of aliphatic carboxylic acids is 2. The Balaban J connectivity index is 3.77. The van der Waals surface area contributed by atoms with E-state index >= 15 is 0 Å². The van der Waals surface area contributed by atoms with Crippen LogP contribution in [0.3, 0.4) is 0 Å². The van der Waals surface area contributed by atoms with E-state index in [9.17, 15) is 14.4 Å². The summed E-state index contributed by atoms with van der Waals surface area (Å²) < 4.78 is 0. The molecule has 0 rings (SSSR count). The summed E-state index contributed by atoms with van der Waals surface area (Å²) >= 11 is 0. The molecular weight excluding hydrogens is 382 g/mol. The van der Waals surface area contributed by atoms with Crippen LogP contribution in [0.2, 0.25) is 0 Å². The van der Waals surface area contributed by atoms with E-state index in [0.29, 0.717) is 6.42 Å². The van der Waals surface area contributed by atoms with Crippen LogP contribution in [0.1, 0.15) is 110 Å². The molecule has 0 aromatic carbocycles. The fraction of sp³-hybridized carbons (Fsp3) is 0.792. The van der Waals surface area contributed by atoms with Crippen molar-refractivity contribution in [3.05, 3.63) is 12.2 Å². The quantitative estimate of drug-likeness (QED) is 0.190. The fourth-order valence-electron chi connectivity index (χ4n) is 3.37. The average Bonchev–Trinajstić information content (AvgIpc) is 2.70. The Kier molecular flexibility index (Phi) is 18.0. The summed E-state index contributed by atoms with van der Waals surface area (Å²) in [4.78, 5) is 35.4. The number of rotatable bonds is 20. The van der Waals surface area contributed by atoms with Crippen LogP contribution in [0.4, 0.5) is 0 Å². The molecule has 0 radical (unpaired) electrons. The topological polar surface area (TPSA) is 94.9 Å². The molecule has 0 fully saturated rings. The van der Waals surface area contributed by atoms with Crippen molar-refractivity contribution in [2.24, 2.45) is 0 Å². The van der Waals surface area contributed by atoms with E-state index in [1.807, 2.05) is 0 Å². The number of allylic oxidation sites excluding steroid dienone is 2. The third-order valence-electron chi connectivity index (χ3n) is 5.36. The highest BCUT2D eigenvalue weighted by molar-refractivity contribution is 5.83. The molecule has 6 heteroatoms. The van der Waals surface area contributed by atoms with Gasteiger partial charge >= 0.3 is 11.9 Å². The van der Waals surface area contributed by atoms with Gasteiger partial charge in [0.05, 0.1) is 6.42 Å². The zero-order chi connectivity index (χ0) is 22.6. The normalized spacial score (nSPS) is 12.2. The zero-order valence-corrected chi connectivity index (χ0v) is 19.1. The number of unbranched alkanes of at least 4 members (excludes halogenated alkanes) is 11. The predicted molar refractivity (Wildman–Crippen MR) is 121 cm³/mol. The minimum atomic E-state index is -1.11. The highest BCUT2D eigenvalue weighted by Crippen LogP contribution is 2.12. The second-order valence-electron chi connectivity index (χ2n) is 8.08. The molecule has 30 heavy (non-hydrogen) atoms. The van der Waals surface area contributed by atoms with E-state index in [1.165, 1.54) is 56.8 Å². The number of carboxylic acid groups (broad SMARTS) is 2. The Labute approximate surface area is 182 Å². The van der Waals surface area contributed by atoms with Gasteiger partial charge in [-0.25, -0.2) is 4.79 Å². The van der Waals surface area contributed by atoms with Gasteiger partial charge in [0.1, 0.15) is 6.04 Å². The van der Waals surface area contributed by atoms with E-state index in [0.717, 1.165) is 32.1 Å². The molecule has 0 aliphatic carbocycles. The van der Waals surface area contributed by atoms with E-state index < -0.39 is 18.0 Å². The first-order valence-electron chi connectivity index (χ1n) is 11.8. The van der Waals surface area contributed by atoms with Gasteiger partial charge in [-0.2, -0.15) is 0 Å². The summed E-state index contributed by atoms with van der Waals surface area (Å²) in [5.74, 6) is -2.42. The largest absolute Gasteiger partial charge is 0.481 e. The van der Waals surface area contributed by atoms with Gasteiger partial charge in [0.15, 0.2) is 0 Å². The molecule has 0 unspecified atom stereocenters. The molecule has 0 aromatic heterocycles. The van der Waals surface area contributed by atoms with Crippen molar-refractivity contribution in [1.82, 2.24) is 4.90 Å². The Bertz CT molecular complexity index is 504. The molecule has 0 saturated carbocycles. The van der Waals surface area contributed by atoms with Crippen molar-refractivity contribution >= 4 is 17.8 Å². The van der Waals surface area contributed by atoms with Gasteiger partial charge in [0.25, 0.3) is 0 Å². The van der Waals surface area contributed by atoms with Crippen molar-refractivity contribution < 1.29 is 24.6 Å². The number of amides is 1. The van der Waals surface area contributed by atoms with Gasteiger partial charge in [0, 0.05) is 13.0 Å². The van der Waals surface area contributed by atoms with Gasteiger partial charge in [-0.05, 0) is 39.0 Å². The molecule has 0 heterocycles. The molecule has 1 atom stereocenters. The molecule has 0 aliphatic heterocycles. The number of carbonyl (C=O) groups is 3. The molecule has 0 saturated heterocycles. The first-order valence-corrected chi connectivity index (χ1v) is 11.8. The van der Waals surface area contributed by atoms with E-state index in [-0.39, 0.29) is 25.3 Å². The monoisotopic (exact) mass is 425 g/mol. The summed E-state index contributed by atoms with van der Waals surface area (Å²) in [6.45, 7) is 3.60. The number of carboxylic acids is 2. The van der Waals surface area contributed by atoms with E-state index in [4.69, 9.17) is 10.2 Å². The Morgan fingerprint density at radius 2 is 1.27 bits per heavy atom. The molecule has 2 N–H and O–H groups in total. The summed E-state index contributed by atoms with van der Waals surface area (Å²) in [7, 11) is 0. The molecule has 174 valence electrons. The lowest BCUT2D eigenvalue weighted by molar-refractivity contribution is -0.150. The first kappa shape index (κ1) is 28.1. The van der Waals surface area contributed by atoms with Crippen molar-refractivity contribution in [1.29, 1.82) is 0 Å². The Hall–Kier alpha value is -1.85. The molecule has 1 amide bonds. The number of hydrogen-bond acceptors (Lipinski definition) is 3. The van der Waals surface area contributed by atoms with Crippen molar-refractivity contribution in [2.75, 3.05) is 6.54 Å². The Morgan fingerprint density at radius 1 is 0.767 bits per heavy atom. The summed E-state index contributed by atoms with van der Waals surface area (Å²) in [6.07, 6.45) is 19.9. The molecule has 6 nitrogen and oxygen atoms in total. The number of nitrogens with zero attached hydrogens (tertiary/aromatic N) is 1. The molecule has 0 bridgehead atoms. The van der Waals surface area contributed by atoms with Crippen LogP contribution in [0.5, 0.6) is 0 Å². The number of carbonyl (C=O) groups excluding carboxylic acids is 1. The maximum Gasteiger partial charge on any atom is 0.326 e. The molecule has 0 aromatic rings. The lowest BCUT2D eigenvalue weighted by atomic mass is 10.1. The zero-order valence-electron chi connectivity index (χ0n) is 19.1. The van der Waals surface area contributed by atoms with Crippen LogP contribution >= 0.6 is 0 Å². The standard InChI is InChI=1S/C24H43NO5/c1-3-4-5-6-7-8-9-10-11-12-13-14-15-16-17-18-22(26)25(20-19-23(27)28)21(2)24(29)30/h10-11,21H,3-9,12-20H2,1-2H3,(H,27,28)(H,29,30)/b11-10-/t21-/m0/s1. The third-order valence-corrected chi connectivity index (χ3v) is 5.36. The highest BCUT2D eigenvalue weighted by atomic mass is 16.4. The SMILES string of the molecule is CCCCCCCC/C=C\CCCCCCCC(=O)N(CCC(=O)O)[C@@H](C)C(=O)O. The number of hydrogen-bond donors (Lipinski definition) is 2.